The zero-order valence-electron chi connectivity index (χ0n) is 18.4. The van der Waals surface area contributed by atoms with Gasteiger partial charge in [-0.05, 0) is 48.9 Å². The Balaban J connectivity index is 1.64. The van der Waals surface area contributed by atoms with E-state index in [0.717, 1.165) is 5.56 Å². The van der Waals surface area contributed by atoms with Crippen molar-refractivity contribution in [2.75, 3.05) is 20.6 Å². The zero-order valence-corrected chi connectivity index (χ0v) is 18.4. The molecule has 0 N–H and O–H groups in total. The highest BCUT2D eigenvalue weighted by atomic mass is 16.5. The van der Waals surface area contributed by atoms with Gasteiger partial charge >= 0.3 is 0 Å². The highest BCUT2D eigenvalue weighted by molar-refractivity contribution is 5.94. The van der Waals surface area contributed by atoms with Crippen LogP contribution in [0, 0.1) is 11.3 Å². The van der Waals surface area contributed by atoms with E-state index in [0.29, 0.717) is 35.7 Å². The van der Waals surface area contributed by atoms with Crippen molar-refractivity contribution in [3.8, 4) is 11.8 Å². The number of benzene rings is 2. The summed E-state index contributed by atoms with van der Waals surface area (Å²) in [7, 11) is 3.41. The molecule has 7 heteroatoms. The van der Waals surface area contributed by atoms with E-state index in [1.54, 1.807) is 67.5 Å². The number of ether oxygens (including phenoxy) is 1. The third-order valence-corrected chi connectivity index (χ3v) is 4.90. The molecule has 2 amide bonds. The molecule has 1 heterocycles. The summed E-state index contributed by atoms with van der Waals surface area (Å²) < 4.78 is 11.4. The number of hydrogen-bond donors (Lipinski definition) is 0. The van der Waals surface area contributed by atoms with Crippen LogP contribution in [0.2, 0.25) is 0 Å². The maximum absolute atomic E-state index is 12.9. The monoisotopic (exact) mass is 431 g/mol. The average molecular weight is 431 g/mol. The fourth-order valence-corrected chi connectivity index (χ4v) is 3.12. The minimum Gasteiger partial charge on any atom is -0.484 e. The zero-order chi connectivity index (χ0) is 23.1. The average Bonchev–Trinajstić information content (AvgIpc) is 3.30. The van der Waals surface area contributed by atoms with E-state index < -0.39 is 0 Å². The number of carbonyl (C=O) groups is 2. The van der Waals surface area contributed by atoms with E-state index in [4.69, 9.17) is 14.4 Å². The Morgan fingerprint density at radius 2 is 1.72 bits per heavy atom. The Morgan fingerprint density at radius 3 is 2.38 bits per heavy atom. The Hall–Kier alpha value is -4.05. The molecule has 1 aromatic heterocycles. The lowest BCUT2D eigenvalue weighted by Crippen LogP contribution is -2.30. The van der Waals surface area contributed by atoms with Crippen LogP contribution in [-0.4, -0.2) is 42.3 Å². The van der Waals surface area contributed by atoms with Gasteiger partial charge in [0.25, 0.3) is 11.8 Å². The summed E-state index contributed by atoms with van der Waals surface area (Å²) in [6.07, 6.45) is 0. The number of rotatable bonds is 8. The Kier molecular flexibility index (Phi) is 7.29. The van der Waals surface area contributed by atoms with Crippen LogP contribution in [0.3, 0.4) is 0 Å². The number of carbonyl (C=O) groups excluding carboxylic acids is 2. The van der Waals surface area contributed by atoms with E-state index >= 15 is 0 Å². The summed E-state index contributed by atoms with van der Waals surface area (Å²) >= 11 is 0. The van der Waals surface area contributed by atoms with Crippen molar-refractivity contribution in [3.63, 3.8) is 0 Å². The third kappa shape index (κ3) is 5.35. The van der Waals surface area contributed by atoms with Gasteiger partial charge in [0.15, 0.2) is 5.76 Å². The minimum absolute atomic E-state index is 0.0669. The fraction of sp³-hybridized carbons (Fsp3) is 0.240. The van der Waals surface area contributed by atoms with Crippen molar-refractivity contribution in [2.24, 2.45) is 0 Å². The van der Waals surface area contributed by atoms with E-state index in [1.165, 1.54) is 4.90 Å². The number of para-hydroxylation sites is 1. The van der Waals surface area contributed by atoms with Gasteiger partial charge in [-0.2, -0.15) is 5.26 Å². The first-order chi connectivity index (χ1) is 15.4. The lowest BCUT2D eigenvalue weighted by Gasteiger charge is -2.20. The first-order valence-corrected chi connectivity index (χ1v) is 10.2. The molecule has 0 saturated carbocycles. The SMILES string of the molecule is CCN(Cc1ccc(C(=O)N(C)C)cc1)C(=O)c1ccc(COc2ccccc2C#N)o1. The second-order valence-electron chi connectivity index (χ2n) is 7.38. The molecule has 0 aliphatic rings. The summed E-state index contributed by atoms with van der Waals surface area (Å²) in [6.45, 7) is 2.90. The van der Waals surface area contributed by atoms with Crippen LogP contribution in [0.4, 0.5) is 0 Å². The molecule has 0 fully saturated rings. The molecular weight excluding hydrogens is 406 g/mol. The summed E-state index contributed by atoms with van der Waals surface area (Å²) in [5.41, 5.74) is 1.95. The molecule has 3 rings (SSSR count). The molecule has 3 aromatic rings. The number of nitrogens with zero attached hydrogens (tertiary/aromatic N) is 3. The molecule has 0 bridgehead atoms. The van der Waals surface area contributed by atoms with Gasteiger partial charge < -0.3 is 19.0 Å². The van der Waals surface area contributed by atoms with Gasteiger partial charge in [0.2, 0.25) is 0 Å². The number of nitriles is 1. The molecule has 2 aromatic carbocycles. The molecule has 0 atom stereocenters. The van der Waals surface area contributed by atoms with E-state index in [9.17, 15) is 9.59 Å². The Morgan fingerprint density at radius 1 is 1.00 bits per heavy atom. The van der Waals surface area contributed by atoms with Crippen LogP contribution in [0.1, 0.15) is 44.7 Å². The fourth-order valence-electron chi connectivity index (χ4n) is 3.12. The second-order valence-corrected chi connectivity index (χ2v) is 7.38. The summed E-state index contributed by atoms with van der Waals surface area (Å²) in [6, 6.07) is 19.6. The van der Waals surface area contributed by atoms with Gasteiger partial charge in [0.05, 0.1) is 5.56 Å². The lowest BCUT2D eigenvalue weighted by molar-refractivity contribution is 0.0715. The maximum atomic E-state index is 12.9. The van der Waals surface area contributed by atoms with Gasteiger partial charge in [-0.15, -0.1) is 0 Å². The smallest absolute Gasteiger partial charge is 0.289 e. The minimum atomic E-state index is -0.232. The van der Waals surface area contributed by atoms with Crippen LogP contribution >= 0.6 is 0 Å². The Labute approximate surface area is 187 Å². The van der Waals surface area contributed by atoms with Gasteiger partial charge in [0.1, 0.15) is 24.2 Å². The van der Waals surface area contributed by atoms with Crippen molar-refractivity contribution in [3.05, 3.63) is 88.9 Å². The molecular formula is C25H25N3O4. The molecule has 32 heavy (non-hydrogen) atoms. The van der Waals surface area contributed by atoms with E-state index in [1.807, 2.05) is 19.1 Å². The topological polar surface area (TPSA) is 86.8 Å². The van der Waals surface area contributed by atoms with E-state index in [-0.39, 0.29) is 24.2 Å². The predicted molar refractivity (Wildman–Crippen MR) is 119 cm³/mol. The molecule has 0 saturated heterocycles. The second kappa shape index (κ2) is 10.3. The van der Waals surface area contributed by atoms with E-state index in [2.05, 4.69) is 6.07 Å². The lowest BCUT2D eigenvalue weighted by atomic mass is 10.1. The van der Waals surface area contributed by atoms with Crippen LogP contribution in [0.25, 0.3) is 0 Å². The van der Waals surface area contributed by atoms with Crippen molar-refractivity contribution in [1.29, 1.82) is 5.26 Å². The third-order valence-electron chi connectivity index (χ3n) is 4.90. The number of amides is 2. The summed E-state index contributed by atoms with van der Waals surface area (Å²) in [4.78, 5) is 28.1. The van der Waals surface area contributed by atoms with Gasteiger partial charge in [-0.3, -0.25) is 9.59 Å². The van der Waals surface area contributed by atoms with Gasteiger partial charge in [0, 0.05) is 32.7 Å². The van der Waals surface area contributed by atoms with Crippen LogP contribution < -0.4 is 4.74 Å². The highest BCUT2D eigenvalue weighted by Gasteiger charge is 2.19. The largest absolute Gasteiger partial charge is 0.484 e. The summed E-state index contributed by atoms with van der Waals surface area (Å²) in [5, 5.41) is 9.15. The molecule has 0 spiro atoms. The molecule has 0 unspecified atom stereocenters. The molecule has 7 nitrogen and oxygen atoms in total. The summed E-state index contributed by atoms with van der Waals surface area (Å²) in [5.74, 6) is 0.875. The number of hydrogen-bond acceptors (Lipinski definition) is 5. The van der Waals surface area contributed by atoms with Crippen molar-refractivity contribution >= 4 is 11.8 Å². The first-order valence-electron chi connectivity index (χ1n) is 10.2. The number of furan rings is 1. The maximum Gasteiger partial charge on any atom is 0.289 e. The molecule has 0 aliphatic heterocycles. The standard InChI is InChI=1S/C25H25N3O4/c1-4-28(16-18-9-11-19(12-10-18)24(29)27(2)3)25(30)23-14-13-21(32-23)17-31-22-8-6-5-7-20(22)15-26/h5-14H,4,16-17H2,1-3H3. The predicted octanol–water partition coefficient (Wildman–Crippen LogP) is 4.09. The van der Waals surface area contributed by atoms with Crippen molar-refractivity contribution in [1.82, 2.24) is 9.80 Å². The van der Waals surface area contributed by atoms with Crippen molar-refractivity contribution < 1.29 is 18.7 Å². The van der Waals surface area contributed by atoms with Crippen LogP contribution in [0.15, 0.2) is 65.1 Å². The van der Waals surface area contributed by atoms with Crippen LogP contribution in [-0.2, 0) is 13.2 Å². The highest BCUT2D eigenvalue weighted by Crippen LogP contribution is 2.20. The first kappa shape index (κ1) is 22.6. The molecule has 0 aliphatic carbocycles. The van der Waals surface area contributed by atoms with Gasteiger partial charge in [-0.25, -0.2) is 0 Å². The van der Waals surface area contributed by atoms with Crippen molar-refractivity contribution in [2.45, 2.75) is 20.1 Å². The molecule has 0 radical (unpaired) electrons. The quantitative estimate of drug-likeness (QED) is 0.536. The van der Waals surface area contributed by atoms with Crippen LogP contribution in [0.5, 0.6) is 5.75 Å². The normalized spacial score (nSPS) is 10.3. The molecule has 164 valence electrons. The Bertz CT molecular complexity index is 1130. The van der Waals surface area contributed by atoms with Gasteiger partial charge in [-0.1, -0.05) is 24.3 Å².